The molecule has 1 heterocycles. The second-order valence-corrected chi connectivity index (χ2v) is 6.43. The van der Waals surface area contributed by atoms with E-state index in [9.17, 15) is 15.0 Å². The van der Waals surface area contributed by atoms with E-state index in [0.717, 1.165) is 17.8 Å². The van der Waals surface area contributed by atoms with Crippen LogP contribution >= 0.6 is 23.4 Å². The van der Waals surface area contributed by atoms with Gasteiger partial charge in [-0.15, -0.1) is 10.2 Å². The summed E-state index contributed by atoms with van der Waals surface area (Å²) in [4.78, 5) is 12.1. The number of Topliss-reactive ketones (excluding diaryl/α,β-unsaturated/α-hetero) is 1. The van der Waals surface area contributed by atoms with Gasteiger partial charge in [-0.1, -0.05) is 35.5 Å². The number of hydrogen-bond acceptors (Lipinski definition) is 8. The Morgan fingerprint density at radius 2 is 2.00 bits per heavy atom. The highest BCUT2D eigenvalue weighted by molar-refractivity contribution is 7.99. The summed E-state index contributed by atoms with van der Waals surface area (Å²) >= 11 is 7.03. The molecule has 3 rings (SSSR count). The summed E-state index contributed by atoms with van der Waals surface area (Å²) in [6.07, 6.45) is 0. The largest absolute Gasteiger partial charge is 0.508 e. The van der Waals surface area contributed by atoms with E-state index >= 15 is 0 Å². The molecule has 0 aliphatic carbocycles. The molecule has 0 fully saturated rings. The molecule has 26 heavy (non-hydrogen) atoms. The van der Waals surface area contributed by atoms with Gasteiger partial charge in [-0.3, -0.25) is 4.79 Å². The van der Waals surface area contributed by atoms with Crippen LogP contribution in [0.2, 0.25) is 5.02 Å². The van der Waals surface area contributed by atoms with E-state index in [2.05, 4.69) is 10.2 Å². The SMILES string of the molecule is O=C(CSc1nnc(COc2ccccc2Cl)o1)c1ccc(O)cc1O. The highest BCUT2D eigenvalue weighted by atomic mass is 35.5. The summed E-state index contributed by atoms with van der Waals surface area (Å²) in [5, 5.41) is 27.3. The minimum Gasteiger partial charge on any atom is -0.508 e. The number of ketones is 1. The number of carbonyl (C=O) groups is 1. The lowest BCUT2D eigenvalue weighted by atomic mass is 10.1. The molecule has 0 aliphatic heterocycles. The highest BCUT2D eigenvalue weighted by Crippen LogP contribution is 2.26. The van der Waals surface area contributed by atoms with Crippen LogP contribution in [0.15, 0.2) is 52.1 Å². The Morgan fingerprint density at radius 1 is 1.19 bits per heavy atom. The molecule has 9 heteroatoms. The second-order valence-electron chi connectivity index (χ2n) is 5.09. The fourth-order valence-corrected chi connectivity index (χ4v) is 2.87. The maximum absolute atomic E-state index is 12.1. The van der Waals surface area contributed by atoms with E-state index in [4.69, 9.17) is 20.8 Å². The molecule has 0 aliphatic rings. The van der Waals surface area contributed by atoms with E-state index in [0.29, 0.717) is 10.8 Å². The molecule has 0 atom stereocenters. The Morgan fingerprint density at radius 3 is 2.77 bits per heavy atom. The summed E-state index contributed by atoms with van der Waals surface area (Å²) in [7, 11) is 0. The van der Waals surface area contributed by atoms with Gasteiger partial charge < -0.3 is 19.4 Å². The summed E-state index contributed by atoms with van der Waals surface area (Å²) in [5.74, 6) is -0.00101. The predicted molar refractivity (Wildman–Crippen MR) is 94.9 cm³/mol. The standard InChI is InChI=1S/C17H13ClN2O5S/c18-12-3-1-2-4-15(12)24-8-16-19-20-17(25-16)26-9-14(23)11-6-5-10(21)7-13(11)22/h1-7,21-22H,8-9H2. The predicted octanol–water partition coefficient (Wildman–Crippen LogP) is 3.69. The van der Waals surface area contributed by atoms with Crippen molar-refractivity contribution in [2.75, 3.05) is 5.75 Å². The number of rotatable bonds is 7. The maximum Gasteiger partial charge on any atom is 0.277 e. The Bertz CT molecular complexity index is 931. The quantitative estimate of drug-likeness (QED) is 0.463. The number of benzene rings is 2. The average Bonchev–Trinajstić information content (AvgIpc) is 3.07. The number of aromatic hydroxyl groups is 2. The zero-order valence-corrected chi connectivity index (χ0v) is 14.8. The van der Waals surface area contributed by atoms with Crippen molar-refractivity contribution in [3.8, 4) is 17.2 Å². The van der Waals surface area contributed by atoms with E-state index in [1.165, 1.54) is 12.1 Å². The van der Waals surface area contributed by atoms with Gasteiger partial charge >= 0.3 is 0 Å². The second kappa shape index (κ2) is 8.11. The van der Waals surface area contributed by atoms with E-state index in [-0.39, 0.29) is 46.3 Å². The van der Waals surface area contributed by atoms with Crippen molar-refractivity contribution in [2.24, 2.45) is 0 Å². The molecule has 0 saturated carbocycles. The smallest absolute Gasteiger partial charge is 0.277 e. The average molecular weight is 393 g/mol. The number of nitrogens with zero attached hydrogens (tertiary/aromatic N) is 2. The Hall–Kier alpha value is -2.71. The van der Waals surface area contributed by atoms with Gasteiger partial charge in [0.05, 0.1) is 16.3 Å². The molecule has 1 aromatic heterocycles. The number of aromatic nitrogens is 2. The lowest BCUT2D eigenvalue weighted by Crippen LogP contribution is -2.02. The number of phenolic OH excluding ortho intramolecular Hbond substituents is 2. The fraction of sp³-hybridized carbons (Fsp3) is 0.118. The van der Waals surface area contributed by atoms with Crippen molar-refractivity contribution in [2.45, 2.75) is 11.8 Å². The van der Waals surface area contributed by atoms with Crippen LogP contribution in [0.3, 0.4) is 0 Å². The third kappa shape index (κ3) is 4.47. The third-order valence-electron chi connectivity index (χ3n) is 3.24. The number of carbonyl (C=O) groups excluding carboxylic acids is 1. The first kappa shape index (κ1) is 18.1. The first-order valence-electron chi connectivity index (χ1n) is 7.40. The lowest BCUT2D eigenvalue weighted by molar-refractivity contribution is 0.101. The van der Waals surface area contributed by atoms with Gasteiger partial charge in [0.2, 0.25) is 0 Å². The minimum absolute atomic E-state index is 0.00859. The minimum atomic E-state index is -0.334. The normalized spacial score (nSPS) is 10.7. The van der Waals surface area contributed by atoms with Gasteiger partial charge in [0.25, 0.3) is 11.1 Å². The Kier molecular flexibility index (Phi) is 5.65. The van der Waals surface area contributed by atoms with Crippen LogP contribution < -0.4 is 4.74 Å². The first-order valence-corrected chi connectivity index (χ1v) is 8.77. The van der Waals surface area contributed by atoms with Crippen molar-refractivity contribution in [1.29, 1.82) is 0 Å². The van der Waals surface area contributed by atoms with Crippen LogP contribution in [-0.2, 0) is 6.61 Å². The van der Waals surface area contributed by atoms with Crippen molar-refractivity contribution >= 4 is 29.1 Å². The van der Waals surface area contributed by atoms with Gasteiger partial charge in [0, 0.05) is 6.07 Å². The monoisotopic (exact) mass is 392 g/mol. The molecule has 0 unspecified atom stereocenters. The number of phenols is 2. The zero-order valence-electron chi connectivity index (χ0n) is 13.3. The fourth-order valence-electron chi connectivity index (χ4n) is 2.02. The molecule has 2 N–H and O–H groups in total. The van der Waals surface area contributed by atoms with Gasteiger partial charge in [-0.05, 0) is 24.3 Å². The van der Waals surface area contributed by atoms with Crippen LogP contribution in [0.4, 0.5) is 0 Å². The number of para-hydroxylation sites is 1. The molecule has 7 nitrogen and oxygen atoms in total. The number of halogens is 1. The summed E-state index contributed by atoms with van der Waals surface area (Å²) in [6, 6.07) is 10.8. The Balaban J connectivity index is 1.55. The van der Waals surface area contributed by atoms with Crippen LogP contribution in [0, 0.1) is 0 Å². The molecule has 0 spiro atoms. The summed E-state index contributed by atoms with van der Waals surface area (Å²) in [6.45, 7) is 0.0456. The van der Waals surface area contributed by atoms with Crippen molar-refractivity contribution in [3.05, 3.63) is 58.9 Å². The van der Waals surface area contributed by atoms with E-state index in [1.807, 2.05) is 0 Å². The number of ether oxygens (including phenoxy) is 1. The molecular formula is C17H13ClN2O5S. The van der Waals surface area contributed by atoms with Crippen LogP contribution in [0.5, 0.6) is 17.2 Å². The van der Waals surface area contributed by atoms with Crippen molar-refractivity contribution in [1.82, 2.24) is 10.2 Å². The van der Waals surface area contributed by atoms with Crippen LogP contribution in [0.1, 0.15) is 16.2 Å². The Labute approximate surface area is 157 Å². The first-order chi connectivity index (χ1) is 12.5. The summed E-state index contributed by atoms with van der Waals surface area (Å²) < 4.78 is 10.9. The molecule has 0 radical (unpaired) electrons. The van der Waals surface area contributed by atoms with Gasteiger partial charge in [0.1, 0.15) is 17.2 Å². The lowest BCUT2D eigenvalue weighted by Gasteiger charge is -2.04. The molecule has 0 saturated heterocycles. The molecule has 2 aromatic carbocycles. The highest BCUT2D eigenvalue weighted by Gasteiger charge is 2.15. The van der Waals surface area contributed by atoms with Crippen molar-refractivity contribution < 1.29 is 24.2 Å². The molecular weight excluding hydrogens is 380 g/mol. The number of thioether (sulfide) groups is 1. The maximum atomic E-state index is 12.1. The van der Waals surface area contributed by atoms with Crippen LogP contribution in [-0.4, -0.2) is 31.9 Å². The molecule has 3 aromatic rings. The van der Waals surface area contributed by atoms with E-state index in [1.54, 1.807) is 24.3 Å². The molecule has 0 amide bonds. The van der Waals surface area contributed by atoms with Crippen molar-refractivity contribution in [3.63, 3.8) is 0 Å². The van der Waals surface area contributed by atoms with Gasteiger partial charge in [0.15, 0.2) is 12.4 Å². The third-order valence-corrected chi connectivity index (χ3v) is 4.38. The van der Waals surface area contributed by atoms with Crippen LogP contribution in [0.25, 0.3) is 0 Å². The summed E-state index contributed by atoms with van der Waals surface area (Å²) in [5.41, 5.74) is 0.108. The van der Waals surface area contributed by atoms with Gasteiger partial charge in [-0.2, -0.15) is 0 Å². The zero-order chi connectivity index (χ0) is 18.5. The molecule has 0 bridgehead atoms. The molecule has 134 valence electrons. The topological polar surface area (TPSA) is 106 Å². The van der Waals surface area contributed by atoms with E-state index < -0.39 is 0 Å². The number of hydrogen-bond donors (Lipinski definition) is 2. The van der Waals surface area contributed by atoms with Gasteiger partial charge in [-0.25, -0.2) is 0 Å².